The first-order valence-electron chi connectivity index (χ1n) is 4.42. The van der Waals surface area contributed by atoms with Crippen LogP contribution in [-0.2, 0) is 4.79 Å². The molecule has 1 aromatic heterocycles. The summed E-state index contributed by atoms with van der Waals surface area (Å²) < 4.78 is 0.789. The molecule has 82 valence electrons. The third kappa shape index (κ3) is 2.89. The van der Waals surface area contributed by atoms with Gasteiger partial charge in [-0.25, -0.2) is 9.97 Å². The molecule has 0 saturated carbocycles. The normalized spacial score (nSPS) is 10.1. The van der Waals surface area contributed by atoms with Crippen LogP contribution in [0.2, 0.25) is 0 Å². The Morgan fingerprint density at radius 2 is 2.07 bits per heavy atom. The van der Waals surface area contributed by atoms with Gasteiger partial charge in [0.05, 0.1) is 16.7 Å². The van der Waals surface area contributed by atoms with Crippen LogP contribution in [0.25, 0.3) is 0 Å². The number of anilines is 1. The van der Waals surface area contributed by atoms with E-state index in [0.29, 0.717) is 11.6 Å². The zero-order valence-electron chi connectivity index (χ0n) is 8.91. The lowest BCUT2D eigenvalue weighted by atomic mass is 10.4. The van der Waals surface area contributed by atoms with Crippen LogP contribution in [-0.4, -0.2) is 29.5 Å². The topological polar surface area (TPSA) is 72.1 Å². The molecule has 1 heterocycles. The van der Waals surface area contributed by atoms with Gasteiger partial charge in [0.1, 0.15) is 11.6 Å². The number of halogens is 1. The minimum atomic E-state index is -0.390. The first-order chi connectivity index (χ1) is 6.91. The number of hydrogen-bond donors (Lipinski definition) is 1. The van der Waals surface area contributed by atoms with Gasteiger partial charge in [-0.05, 0) is 29.8 Å². The van der Waals surface area contributed by atoms with Gasteiger partial charge in [0.15, 0.2) is 0 Å². The zero-order valence-corrected chi connectivity index (χ0v) is 10.5. The summed E-state index contributed by atoms with van der Waals surface area (Å²) >= 11 is 3.39. The molecule has 0 atom stereocenters. The molecule has 0 fully saturated rings. The number of carbonyl (C=O) groups excluding carboxylic acids is 1. The molecule has 15 heavy (non-hydrogen) atoms. The summed E-state index contributed by atoms with van der Waals surface area (Å²) in [5, 5.41) is 0. The second-order valence-corrected chi connectivity index (χ2v) is 4.11. The lowest BCUT2D eigenvalue weighted by molar-refractivity contribution is -0.116. The first kappa shape index (κ1) is 11.9. The zero-order chi connectivity index (χ0) is 11.6. The fourth-order valence-corrected chi connectivity index (χ4v) is 1.72. The van der Waals surface area contributed by atoms with Crippen LogP contribution in [0.1, 0.15) is 11.5 Å². The number of amides is 1. The highest BCUT2D eigenvalue weighted by Crippen LogP contribution is 2.25. The maximum atomic E-state index is 10.8. The number of aryl methyl sites for hydroxylation is 2. The molecular formula is C9H13BrN4O. The molecule has 1 amide bonds. The Hall–Kier alpha value is -1.17. The van der Waals surface area contributed by atoms with Crippen molar-refractivity contribution in [3.8, 4) is 0 Å². The quantitative estimate of drug-likeness (QED) is 0.883. The van der Waals surface area contributed by atoms with E-state index in [9.17, 15) is 4.79 Å². The average molecular weight is 273 g/mol. The van der Waals surface area contributed by atoms with Gasteiger partial charge in [0.2, 0.25) is 5.91 Å². The molecule has 0 radical (unpaired) electrons. The SMILES string of the molecule is Cc1nc(C)c(Br)c(N(C)CC(N)=O)n1. The van der Waals surface area contributed by atoms with Crippen molar-refractivity contribution < 1.29 is 4.79 Å². The number of aromatic nitrogens is 2. The van der Waals surface area contributed by atoms with Crippen LogP contribution in [0.5, 0.6) is 0 Å². The van der Waals surface area contributed by atoms with Gasteiger partial charge in [0.25, 0.3) is 0 Å². The van der Waals surface area contributed by atoms with Gasteiger partial charge < -0.3 is 10.6 Å². The van der Waals surface area contributed by atoms with Crippen molar-refractivity contribution in [2.75, 3.05) is 18.5 Å². The Morgan fingerprint density at radius 3 is 2.60 bits per heavy atom. The second kappa shape index (κ2) is 4.57. The summed E-state index contributed by atoms with van der Waals surface area (Å²) in [4.78, 5) is 20.9. The minimum Gasteiger partial charge on any atom is -0.368 e. The maximum Gasteiger partial charge on any atom is 0.236 e. The second-order valence-electron chi connectivity index (χ2n) is 3.32. The predicted molar refractivity (Wildman–Crippen MR) is 61.7 cm³/mol. The smallest absolute Gasteiger partial charge is 0.236 e. The highest BCUT2D eigenvalue weighted by Gasteiger charge is 2.13. The van der Waals surface area contributed by atoms with Crippen LogP contribution in [0.4, 0.5) is 5.82 Å². The van der Waals surface area contributed by atoms with E-state index < -0.39 is 5.91 Å². The fourth-order valence-electron chi connectivity index (χ4n) is 1.24. The first-order valence-corrected chi connectivity index (χ1v) is 5.21. The van der Waals surface area contributed by atoms with Gasteiger partial charge >= 0.3 is 0 Å². The number of nitrogens with two attached hydrogens (primary N) is 1. The third-order valence-corrected chi connectivity index (χ3v) is 2.79. The lowest BCUT2D eigenvalue weighted by Gasteiger charge is -2.18. The van der Waals surface area contributed by atoms with E-state index in [1.807, 2.05) is 6.92 Å². The third-order valence-electron chi connectivity index (χ3n) is 1.87. The summed E-state index contributed by atoms with van der Waals surface area (Å²) in [6.07, 6.45) is 0. The largest absolute Gasteiger partial charge is 0.368 e. The molecule has 0 spiro atoms. The standard InChI is InChI=1S/C9H13BrN4O/c1-5-8(10)9(13-6(2)12-5)14(3)4-7(11)15/h4H2,1-3H3,(H2,11,15). The van der Waals surface area contributed by atoms with Crippen LogP contribution < -0.4 is 10.6 Å². The number of nitrogens with zero attached hydrogens (tertiary/aromatic N) is 3. The van der Waals surface area contributed by atoms with Gasteiger partial charge in [-0.1, -0.05) is 0 Å². The molecule has 2 N–H and O–H groups in total. The molecule has 1 aromatic rings. The van der Waals surface area contributed by atoms with Gasteiger partial charge in [-0.2, -0.15) is 0 Å². The Labute approximate surface area is 96.8 Å². The molecule has 0 unspecified atom stereocenters. The van der Waals surface area contributed by atoms with E-state index in [0.717, 1.165) is 10.2 Å². The van der Waals surface area contributed by atoms with E-state index in [1.54, 1.807) is 18.9 Å². The molecule has 0 saturated heterocycles. The van der Waals surface area contributed by atoms with Crippen LogP contribution in [0.15, 0.2) is 4.47 Å². The molecule has 6 heteroatoms. The molecule has 0 bridgehead atoms. The summed E-state index contributed by atoms with van der Waals surface area (Å²) in [6.45, 7) is 3.82. The van der Waals surface area contributed by atoms with Crippen molar-refractivity contribution in [1.29, 1.82) is 0 Å². The number of carbonyl (C=O) groups is 1. The fraction of sp³-hybridized carbons (Fsp3) is 0.444. The molecular weight excluding hydrogens is 260 g/mol. The summed E-state index contributed by atoms with van der Waals surface area (Å²) in [6, 6.07) is 0. The molecule has 0 aliphatic carbocycles. The van der Waals surface area contributed by atoms with E-state index in [4.69, 9.17) is 5.73 Å². The Bertz CT molecular complexity index is 394. The van der Waals surface area contributed by atoms with E-state index in [2.05, 4.69) is 25.9 Å². The van der Waals surface area contributed by atoms with E-state index in [1.165, 1.54) is 0 Å². The van der Waals surface area contributed by atoms with Crippen molar-refractivity contribution in [2.45, 2.75) is 13.8 Å². The van der Waals surface area contributed by atoms with Gasteiger partial charge in [-0.15, -0.1) is 0 Å². The maximum absolute atomic E-state index is 10.8. The molecule has 5 nitrogen and oxygen atoms in total. The predicted octanol–water partition coefficient (Wildman–Crippen LogP) is 0.777. The Kier molecular flexibility index (Phi) is 3.62. The van der Waals surface area contributed by atoms with Crippen molar-refractivity contribution in [3.05, 3.63) is 16.0 Å². The summed E-state index contributed by atoms with van der Waals surface area (Å²) in [5.41, 5.74) is 5.96. The molecule has 0 aliphatic heterocycles. The molecule has 0 aromatic carbocycles. The number of primary amides is 1. The Balaban J connectivity index is 3.07. The number of hydrogen-bond acceptors (Lipinski definition) is 4. The average Bonchev–Trinajstić information content (AvgIpc) is 2.09. The number of rotatable bonds is 3. The summed E-state index contributed by atoms with van der Waals surface area (Å²) in [5.74, 6) is 0.958. The van der Waals surface area contributed by atoms with E-state index in [-0.39, 0.29) is 6.54 Å². The van der Waals surface area contributed by atoms with Crippen molar-refractivity contribution in [3.63, 3.8) is 0 Å². The van der Waals surface area contributed by atoms with Crippen molar-refractivity contribution >= 4 is 27.7 Å². The monoisotopic (exact) mass is 272 g/mol. The van der Waals surface area contributed by atoms with Crippen LogP contribution in [0.3, 0.4) is 0 Å². The number of likely N-dealkylation sites (N-methyl/N-ethyl adjacent to an activating group) is 1. The molecule has 1 rings (SSSR count). The highest BCUT2D eigenvalue weighted by atomic mass is 79.9. The Morgan fingerprint density at radius 1 is 1.47 bits per heavy atom. The highest BCUT2D eigenvalue weighted by molar-refractivity contribution is 9.10. The van der Waals surface area contributed by atoms with Gasteiger partial charge in [0, 0.05) is 7.05 Å². The summed E-state index contributed by atoms with van der Waals surface area (Å²) in [7, 11) is 1.76. The van der Waals surface area contributed by atoms with Crippen LogP contribution in [0, 0.1) is 13.8 Å². The molecule has 0 aliphatic rings. The van der Waals surface area contributed by atoms with Gasteiger partial charge in [-0.3, -0.25) is 4.79 Å². The lowest BCUT2D eigenvalue weighted by Crippen LogP contribution is -2.31. The van der Waals surface area contributed by atoms with Crippen LogP contribution >= 0.6 is 15.9 Å². The van der Waals surface area contributed by atoms with E-state index >= 15 is 0 Å². The van der Waals surface area contributed by atoms with Crippen molar-refractivity contribution in [1.82, 2.24) is 9.97 Å². The minimum absolute atomic E-state index is 0.133. The van der Waals surface area contributed by atoms with Crippen molar-refractivity contribution in [2.24, 2.45) is 5.73 Å².